The van der Waals surface area contributed by atoms with E-state index in [1.165, 1.54) is 0 Å². The second kappa shape index (κ2) is 6.06. The number of piperazine rings is 1. The minimum atomic E-state index is 0.133. The van der Waals surface area contributed by atoms with Crippen LogP contribution < -0.4 is 5.32 Å². The Morgan fingerprint density at radius 2 is 1.79 bits per heavy atom. The Labute approximate surface area is 115 Å². The Hall–Kier alpha value is -1.55. The van der Waals surface area contributed by atoms with Gasteiger partial charge in [-0.25, -0.2) is 0 Å². The summed E-state index contributed by atoms with van der Waals surface area (Å²) in [7, 11) is 1.85. The summed E-state index contributed by atoms with van der Waals surface area (Å²) < 4.78 is 0. The molecule has 0 unspecified atom stereocenters. The molecule has 1 aliphatic rings. The number of hydrogen-bond acceptors (Lipinski definition) is 3. The monoisotopic (exact) mass is 261 g/mol. The average Bonchev–Trinajstić information content (AvgIpc) is 2.46. The van der Waals surface area contributed by atoms with Gasteiger partial charge in [0, 0.05) is 45.0 Å². The third kappa shape index (κ3) is 3.07. The highest BCUT2D eigenvalue weighted by Gasteiger charge is 2.24. The molecule has 104 valence electrons. The molecule has 1 aliphatic heterocycles. The lowest BCUT2D eigenvalue weighted by molar-refractivity contribution is 0.0596. The number of benzene rings is 1. The zero-order valence-corrected chi connectivity index (χ0v) is 12.0. The molecule has 1 fully saturated rings. The lowest BCUT2D eigenvalue weighted by Crippen LogP contribution is -2.50. The summed E-state index contributed by atoms with van der Waals surface area (Å²) in [6, 6.07) is 8.25. The number of nitrogens with one attached hydrogen (secondary N) is 1. The van der Waals surface area contributed by atoms with E-state index in [0.717, 1.165) is 37.4 Å². The van der Waals surface area contributed by atoms with E-state index in [4.69, 9.17) is 0 Å². The first kappa shape index (κ1) is 13.9. The summed E-state index contributed by atoms with van der Waals surface area (Å²) in [4.78, 5) is 16.9. The van der Waals surface area contributed by atoms with E-state index < -0.39 is 0 Å². The van der Waals surface area contributed by atoms with Crippen molar-refractivity contribution in [2.75, 3.05) is 38.5 Å². The standard InChI is InChI=1S/C15H23N3O/c1-12(2)17-8-10-18(11-9-17)15(19)13-6-4-5-7-14(13)16-3/h4-7,12,16H,8-11H2,1-3H3. The number of rotatable bonds is 3. The van der Waals surface area contributed by atoms with Gasteiger partial charge in [-0.1, -0.05) is 12.1 Å². The minimum Gasteiger partial charge on any atom is -0.387 e. The number of hydrogen-bond donors (Lipinski definition) is 1. The van der Waals surface area contributed by atoms with Crippen LogP contribution in [0.2, 0.25) is 0 Å². The van der Waals surface area contributed by atoms with Crippen LogP contribution in [0.25, 0.3) is 0 Å². The first-order valence-electron chi connectivity index (χ1n) is 6.93. The summed E-state index contributed by atoms with van der Waals surface area (Å²) in [5.74, 6) is 0.133. The molecule has 1 heterocycles. The Bertz CT molecular complexity index is 437. The third-order valence-corrected chi connectivity index (χ3v) is 3.76. The van der Waals surface area contributed by atoms with Crippen LogP contribution in [0.1, 0.15) is 24.2 Å². The largest absolute Gasteiger partial charge is 0.387 e. The van der Waals surface area contributed by atoms with Crippen LogP contribution in [-0.2, 0) is 0 Å². The summed E-state index contributed by atoms with van der Waals surface area (Å²) >= 11 is 0. The highest BCUT2D eigenvalue weighted by Crippen LogP contribution is 2.18. The number of amides is 1. The number of carbonyl (C=O) groups excluding carboxylic acids is 1. The Kier molecular flexibility index (Phi) is 4.43. The molecule has 4 nitrogen and oxygen atoms in total. The van der Waals surface area contributed by atoms with Gasteiger partial charge in [0.1, 0.15) is 0 Å². The van der Waals surface area contributed by atoms with Gasteiger partial charge >= 0.3 is 0 Å². The van der Waals surface area contributed by atoms with Gasteiger partial charge in [0.2, 0.25) is 0 Å². The Morgan fingerprint density at radius 1 is 1.16 bits per heavy atom. The zero-order chi connectivity index (χ0) is 13.8. The molecular weight excluding hydrogens is 238 g/mol. The van der Waals surface area contributed by atoms with E-state index >= 15 is 0 Å². The molecule has 1 saturated heterocycles. The summed E-state index contributed by atoms with van der Waals surface area (Å²) in [6.45, 7) is 7.96. The van der Waals surface area contributed by atoms with Crippen molar-refractivity contribution in [1.82, 2.24) is 9.80 Å². The predicted molar refractivity (Wildman–Crippen MR) is 78.6 cm³/mol. The van der Waals surface area contributed by atoms with E-state index in [1.54, 1.807) is 0 Å². The number of para-hydroxylation sites is 1. The van der Waals surface area contributed by atoms with Crippen LogP contribution in [0.15, 0.2) is 24.3 Å². The highest BCUT2D eigenvalue weighted by molar-refractivity contribution is 5.99. The molecule has 0 saturated carbocycles. The normalized spacial score (nSPS) is 16.7. The fourth-order valence-corrected chi connectivity index (χ4v) is 2.50. The molecule has 2 rings (SSSR count). The fraction of sp³-hybridized carbons (Fsp3) is 0.533. The molecule has 0 atom stereocenters. The van der Waals surface area contributed by atoms with Crippen LogP contribution in [0.3, 0.4) is 0 Å². The third-order valence-electron chi connectivity index (χ3n) is 3.76. The van der Waals surface area contributed by atoms with Gasteiger partial charge in [0.05, 0.1) is 5.56 Å². The molecule has 0 bridgehead atoms. The van der Waals surface area contributed by atoms with Crippen LogP contribution in [-0.4, -0.2) is 55.0 Å². The lowest BCUT2D eigenvalue weighted by Gasteiger charge is -2.37. The maximum Gasteiger partial charge on any atom is 0.256 e. The summed E-state index contributed by atoms with van der Waals surface area (Å²) in [5.41, 5.74) is 1.67. The Balaban J connectivity index is 2.05. The van der Waals surface area contributed by atoms with E-state index in [0.29, 0.717) is 6.04 Å². The first-order valence-corrected chi connectivity index (χ1v) is 6.93. The van der Waals surface area contributed by atoms with Crippen LogP contribution in [0.5, 0.6) is 0 Å². The number of carbonyl (C=O) groups is 1. The van der Waals surface area contributed by atoms with Gasteiger partial charge in [-0.3, -0.25) is 9.69 Å². The molecule has 4 heteroatoms. The van der Waals surface area contributed by atoms with Crippen LogP contribution in [0.4, 0.5) is 5.69 Å². The topological polar surface area (TPSA) is 35.6 Å². The van der Waals surface area contributed by atoms with Gasteiger partial charge in [-0.05, 0) is 26.0 Å². The fourth-order valence-electron chi connectivity index (χ4n) is 2.50. The molecule has 1 aromatic carbocycles. The van der Waals surface area contributed by atoms with E-state index in [9.17, 15) is 4.79 Å². The second-order valence-corrected chi connectivity index (χ2v) is 5.22. The maximum absolute atomic E-state index is 12.5. The summed E-state index contributed by atoms with van der Waals surface area (Å²) in [6.07, 6.45) is 0. The molecule has 1 amide bonds. The van der Waals surface area contributed by atoms with Crippen LogP contribution in [0, 0.1) is 0 Å². The predicted octanol–water partition coefficient (Wildman–Crippen LogP) is 1.89. The molecule has 19 heavy (non-hydrogen) atoms. The molecular formula is C15H23N3O. The summed E-state index contributed by atoms with van der Waals surface area (Å²) in [5, 5.41) is 3.08. The Morgan fingerprint density at radius 3 is 2.37 bits per heavy atom. The van der Waals surface area contributed by atoms with E-state index in [1.807, 2.05) is 36.2 Å². The van der Waals surface area contributed by atoms with Crippen molar-refractivity contribution in [2.45, 2.75) is 19.9 Å². The van der Waals surface area contributed by atoms with Crippen molar-refractivity contribution >= 4 is 11.6 Å². The van der Waals surface area contributed by atoms with Gasteiger partial charge < -0.3 is 10.2 Å². The van der Waals surface area contributed by atoms with Crippen LogP contribution >= 0.6 is 0 Å². The molecule has 1 aromatic rings. The van der Waals surface area contributed by atoms with Crippen molar-refractivity contribution in [2.24, 2.45) is 0 Å². The molecule has 0 aromatic heterocycles. The quantitative estimate of drug-likeness (QED) is 0.902. The van der Waals surface area contributed by atoms with Crippen molar-refractivity contribution in [3.05, 3.63) is 29.8 Å². The smallest absolute Gasteiger partial charge is 0.256 e. The minimum absolute atomic E-state index is 0.133. The first-order chi connectivity index (χ1) is 9.13. The lowest BCUT2D eigenvalue weighted by atomic mass is 10.1. The molecule has 0 radical (unpaired) electrons. The van der Waals surface area contributed by atoms with Gasteiger partial charge in [-0.15, -0.1) is 0 Å². The molecule has 0 spiro atoms. The average molecular weight is 261 g/mol. The SMILES string of the molecule is CNc1ccccc1C(=O)N1CCN(C(C)C)CC1. The number of anilines is 1. The van der Waals surface area contributed by atoms with Gasteiger partial charge in [0.25, 0.3) is 5.91 Å². The van der Waals surface area contributed by atoms with Crippen molar-refractivity contribution in [3.63, 3.8) is 0 Å². The van der Waals surface area contributed by atoms with E-state index in [-0.39, 0.29) is 5.91 Å². The van der Waals surface area contributed by atoms with Gasteiger partial charge in [-0.2, -0.15) is 0 Å². The van der Waals surface area contributed by atoms with Crippen molar-refractivity contribution in [3.8, 4) is 0 Å². The second-order valence-electron chi connectivity index (χ2n) is 5.22. The highest BCUT2D eigenvalue weighted by atomic mass is 16.2. The van der Waals surface area contributed by atoms with Crippen molar-refractivity contribution in [1.29, 1.82) is 0 Å². The zero-order valence-electron chi connectivity index (χ0n) is 12.0. The molecule has 1 N–H and O–H groups in total. The maximum atomic E-state index is 12.5. The van der Waals surface area contributed by atoms with Gasteiger partial charge in [0.15, 0.2) is 0 Å². The van der Waals surface area contributed by atoms with Crippen molar-refractivity contribution < 1.29 is 4.79 Å². The number of nitrogens with zero attached hydrogens (tertiary/aromatic N) is 2. The molecule has 0 aliphatic carbocycles. The van der Waals surface area contributed by atoms with E-state index in [2.05, 4.69) is 24.1 Å².